The Morgan fingerprint density at radius 3 is 2.33 bits per heavy atom. The van der Waals surface area contributed by atoms with E-state index in [0.29, 0.717) is 5.56 Å². The van der Waals surface area contributed by atoms with E-state index in [1.54, 1.807) is 0 Å². The molecule has 0 heterocycles. The summed E-state index contributed by atoms with van der Waals surface area (Å²) in [7, 11) is 0. The van der Waals surface area contributed by atoms with Crippen LogP contribution < -0.4 is 10.6 Å². The summed E-state index contributed by atoms with van der Waals surface area (Å²) < 4.78 is 25.9. The fourth-order valence-corrected chi connectivity index (χ4v) is 1.67. The lowest BCUT2D eigenvalue weighted by Gasteiger charge is -2.14. The van der Waals surface area contributed by atoms with Crippen LogP contribution in [0.2, 0.25) is 0 Å². The van der Waals surface area contributed by atoms with Gasteiger partial charge in [0.2, 0.25) is 0 Å². The highest BCUT2D eigenvalue weighted by Crippen LogP contribution is 2.08. The van der Waals surface area contributed by atoms with Crippen LogP contribution in [0.4, 0.5) is 13.6 Å². The standard InChI is InChI=1S/C13H16F2N2O4/c14-9-5-8(6-10(15)7-9)1-3-16-13(21)17-11(2-4-18)12(19)20/h5-7,11,18H,1-4H2,(H,19,20)(H2,16,17,21)/t11-/m0/s1. The molecule has 21 heavy (non-hydrogen) atoms. The minimum Gasteiger partial charge on any atom is -0.480 e. The van der Waals surface area contributed by atoms with Crippen molar-refractivity contribution in [2.24, 2.45) is 0 Å². The normalized spacial score (nSPS) is 11.8. The molecule has 1 rings (SSSR count). The van der Waals surface area contributed by atoms with Gasteiger partial charge in [-0.3, -0.25) is 0 Å². The van der Waals surface area contributed by atoms with E-state index in [1.807, 2.05) is 0 Å². The number of amides is 2. The molecule has 0 aliphatic rings. The fourth-order valence-electron chi connectivity index (χ4n) is 1.67. The molecule has 0 radical (unpaired) electrons. The summed E-state index contributed by atoms with van der Waals surface area (Å²) in [5, 5.41) is 22.0. The van der Waals surface area contributed by atoms with Crippen LogP contribution in [0.1, 0.15) is 12.0 Å². The summed E-state index contributed by atoms with van der Waals surface area (Å²) in [6, 6.07) is 1.12. The van der Waals surface area contributed by atoms with E-state index in [9.17, 15) is 18.4 Å². The number of aliphatic hydroxyl groups excluding tert-OH is 1. The lowest BCUT2D eigenvalue weighted by molar-refractivity contribution is -0.139. The van der Waals surface area contributed by atoms with Gasteiger partial charge in [0.1, 0.15) is 17.7 Å². The van der Waals surface area contributed by atoms with E-state index in [0.717, 1.165) is 18.2 Å². The molecule has 4 N–H and O–H groups in total. The van der Waals surface area contributed by atoms with E-state index in [4.69, 9.17) is 10.2 Å². The first-order chi connectivity index (χ1) is 9.92. The molecule has 1 aromatic carbocycles. The minimum absolute atomic E-state index is 0.0835. The van der Waals surface area contributed by atoms with Crippen molar-refractivity contribution in [3.05, 3.63) is 35.4 Å². The molecule has 0 aliphatic carbocycles. The van der Waals surface area contributed by atoms with Crippen molar-refractivity contribution in [1.82, 2.24) is 10.6 Å². The number of carbonyl (C=O) groups is 2. The van der Waals surface area contributed by atoms with Crippen LogP contribution in [0.3, 0.4) is 0 Å². The Hall–Kier alpha value is -2.22. The number of aliphatic hydroxyl groups is 1. The molecule has 0 bridgehead atoms. The van der Waals surface area contributed by atoms with Gasteiger partial charge in [-0.25, -0.2) is 18.4 Å². The first-order valence-corrected chi connectivity index (χ1v) is 6.25. The van der Waals surface area contributed by atoms with Gasteiger partial charge in [0.15, 0.2) is 0 Å². The summed E-state index contributed by atoms with van der Waals surface area (Å²) >= 11 is 0. The molecule has 2 amide bonds. The molecule has 0 saturated carbocycles. The van der Waals surface area contributed by atoms with Crippen LogP contribution in [0.25, 0.3) is 0 Å². The van der Waals surface area contributed by atoms with Crippen LogP contribution in [0.15, 0.2) is 18.2 Å². The summed E-state index contributed by atoms with van der Waals surface area (Å²) in [5.41, 5.74) is 0.373. The summed E-state index contributed by atoms with van der Waals surface area (Å²) in [6.45, 7) is -0.292. The quantitative estimate of drug-likeness (QED) is 0.594. The average Bonchev–Trinajstić information content (AvgIpc) is 2.36. The molecular weight excluding hydrogens is 286 g/mol. The third-order valence-electron chi connectivity index (χ3n) is 2.64. The maximum absolute atomic E-state index is 12.9. The molecule has 116 valence electrons. The van der Waals surface area contributed by atoms with Crippen molar-refractivity contribution in [1.29, 1.82) is 0 Å². The van der Waals surface area contributed by atoms with Crippen molar-refractivity contribution in [3.8, 4) is 0 Å². The smallest absolute Gasteiger partial charge is 0.326 e. The zero-order chi connectivity index (χ0) is 15.8. The van der Waals surface area contributed by atoms with Crippen molar-refractivity contribution in [3.63, 3.8) is 0 Å². The van der Waals surface area contributed by atoms with Crippen LogP contribution in [0, 0.1) is 11.6 Å². The number of hydrogen-bond donors (Lipinski definition) is 4. The van der Waals surface area contributed by atoms with Gasteiger partial charge in [-0.2, -0.15) is 0 Å². The second kappa shape index (κ2) is 8.15. The Balaban J connectivity index is 2.40. The van der Waals surface area contributed by atoms with Gasteiger partial charge >= 0.3 is 12.0 Å². The summed E-state index contributed by atoms with van der Waals surface area (Å²) in [4.78, 5) is 22.2. The first-order valence-electron chi connectivity index (χ1n) is 6.25. The van der Waals surface area contributed by atoms with E-state index in [-0.39, 0.29) is 26.0 Å². The Morgan fingerprint density at radius 2 is 1.81 bits per heavy atom. The number of carbonyl (C=O) groups excluding carboxylic acids is 1. The average molecular weight is 302 g/mol. The zero-order valence-corrected chi connectivity index (χ0v) is 11.1. The van der Waals surface area contributed by atoms with Gasteiger partial charge in [-0.05, 0) is 24.1 Å². The van der Waals surface area contributed by atoms with Gasteiger partial charge in [0, 0.05) is 25.6 Å². The van der Waals surface area contributed by atoms with Crippen LogP contribution in [0.5, 0.6) is 0 Å². The second-order valence-corrected chi connectivity index (χ2v) is 4.33. The van der Waals surface area contributed by atoms with Crippen LogP contribution in [-0.2, 0) is 11.2 Å². The highest BCUT2D eigenvalue weighted by atomic mass is 19.1. The molecule has 0 unspecified atom stereocenters. The van der Waals surface area contributed by atoms with Gasteiger partial charge in [0.05, 0.1) is 0 Å². The number of halogens is 2. The van der Waals surface area contributed by atoms with Gasteiger partial charge in [-0.1, -0.05) is 0 Å². The molecule has 0 aromatic heterocycles. The number of benzene rings is 1. The van der Waals surface area contributed by atoms with Crippen molar-refractivity contribution >= 4 is 12.0 Å². The highest BCUT2D eigenvalue weighted by molar-refractivity contribution is 5.82. The second-order valence-electron chi connectivity index (χ2n) is 4.33. The third kappa shape index (κ3) is 6.17. The Bertz CT molecular complexity index is 491. The largest absolute Gasteiger partial charge is 0.480 e. The number of carboxylic acid groups (broad SMARTS) is 1. The van der Waals surface area contributed by atoms with Crippen LogP contribution in [-0.4, -0.2) is 41.4 Å². The monoisotopic (exact) mass is 302 g/mol. The molecule has 8 heteroatoms. The molecule has 1 aromatic rings. The van der Waals surface area contributed by atoms with Crippen molar-refractivity contribution in [2.75, 3.05) is 13.2 Å². The van der Waals surface area contributed by atoms with Crippen LogP contribution >= 0.6 is 0 Å². The summed E-state index contributed by atoms with van der Waals surface area (Å²) in [6.07, 6.45) is 0.0811. The van der Waals surface area contributed by atoms with Gasteiger partial charge in [-0.15, -0.1) is 0 Å². The number of aliphatic carboxylic acids is 1. The predicted octanol–water partition coefficient (Wildman–Crippen LogP) is 0.642. The lowest BCUT2D eigenvalue weighted by Crippen LogP contribution is -2.46. The Labute approximate surface area is 119 Å². The molecule has 0 aliphatic heterocycles. The van der Waals surface area contributed by atoms with Crippen molar-refractivity contribution < 1.29 is 28.6 Å². The molecule has 0 fully saturated rings. The molecule has 1 atom stereocenters. The number of hydrogen-bond acceptors (Lipinski definition) is 3. The predicted molar refractivity (Wildman–Crippen MR) is 69.7 cm³/mol. The molecular formula is C13H16F2N2O4. The van der Waals surface area contributed by atoms with E-state index >= 15 is 0 Å². The lowest BCUT2D eigenvalue weighted by atomic mass is 10.1. The topological polar surface area (TPSA) is 98.7 Å². The minimum atomic E-state index is -1.26. The SMILES string of the molecule is O=C(NCCc1cc(F)cc(F)c1)N[C@@H](CCO)C(=O)O. The van der Waals surface area contributed by atoms with E-state index in [1.165, 1.54) is 0 Å². The molecule has 0 saturated heterocycles. The molecule has 6 nitrogen and oxygen atoms in total. The van der Waals surface area contributed by atoms with E-state index < -0.39 is 29.7 Å². The Kier molecular flexibility index (Phi) is 6.54. The highest BCUT2D eigenvalue weighted by Gasteiger charge is 2.18. The number of nitrogens with one attached hydrogen (secondary N) is 2. The van der Waals surface area contributed by atoms with Gasteiger partial charge < -0.3 is 20.8 Å². The fraction of sp³-hybridized carbons (Fsp3) is 0.385. The van der Waals surface area contributed by atoms with Gasteiger partial charge in [0.25, 0.3) is 0 Å². The maximum Gasteiger partial charge on any atom is 0.326 e. The summed E-state index contributed by atoms with van der Waals surface area (Å²) in [5.74, 6) is -2.67. The Morgan fingerprint density at radius 1 is 1.19 bits per heavy atom. The number of rotatable bonds is 7. The first kappa shape index (κ1) is 16.8. The molecule has 0 spiro atoms. The maximum atomic E-state index is 12.9. The number of urea groups is 1. The third-order valence-corrected chi connectivity index (χ3v) is 2.64. The van der Waals surface area contributed by atoms with E-state index in [2.05, 4.69) is 10.6 Å². The zero-order valence-electron chi connectivity index (χ0n) is 11.1. The number of carboxylic acids is 1. The van der Waals surface area contributed by atoms with Crippen molar-refractivity contribution in [2.45, 2.75) is 18.9 Å².